The van der Waals surface area contributed by atoms with Gasteiger partial charge in [-0.25, -0.2) is 4.39 Å². The van der Waals surface area contributed by atoms with Gasteiger partial charge >= 0.3 is 0 Å². The van der Waals surface area contributed by atoms with Crippen LogP contribution in [0.5, 0.6) is 5.75 Å². The third-order valence-electron chi connectivity index (χ3n) is 2.67. The van der Waals surface area contributed by atoms with Gasteiger partial charge in [-0.15, -0.1) is 0 Å². The molecule has 0 fully saturated rings. The zero-order chi connectivity index (χ0) is 14.4. The highest BCUT2D eigenvalue weighted by Crippen LogP contribution is 2.19. The third-order valence-corrected chi connectivity index (χ3v) is 2.67. The molecule has 0 radical (unpaired) electrons. The van der Waals surface area contributed by atoms with Gasteiger partial charge in [0.15, 0.2) is 0 Å². The molecule has 0 atom stereocenters. The van der Waals surface area contributed by atoms with E-state index in [2.05, 4.69) is 16.9 Å². The number of rotatable bonds is 4. The molecule has 0 amide bonds. The molecule has 5 heteroatoms. The second kappa shape index (κ2) is 6.73. The lowest BCUT2D eigenvalue weighted by Gasteiger charge is -2.07. The molecule has 2 rings (SSSR count). The number of nitrogens with zero attached hydrogens (tertiary/aromatic N) is 2. The second-order valence-electron chi connectivity index (χ2n) is 4.27. The van der Waals surface area contributed by atoms with Crippen LogP contribution >= 0.6 is 0 Å². The fourth-order valence-corrected chi connectivity index (χ4v) is 1.75. The molecule has 20 heavy (non-hydrogen) atoms. The molecule has 1 aromatic carbocycles. The summed E-state index contributed by atoms with van der Waals surface area (Å²) in [6.45, 7) is 0.709. The van der Waals surface area contributed by atoms with E-state index in [0.717, 1.165) is 12.0 Å². The number of hydrogen-bond acceptors (Lipinski definition) is 3. The van der Waals surface area contributed by atoms with Crippen LogP contribution in [0.1, 0.15) is 11.1 Å². The zero-order valence-electron chi connectivity index (χ0n) is 11.3. The van der Waals surface area contributed by atoms with Crippen molar-refractivity contribution in [1.82, 2.24) is 9.78 Å². The molecular weight excluding hydrogens is 257 g/mol. The third kappa shape index (κ3) is 3.84. The molecule has 0 bridgehead atoms. The Labute approximate surface area is 117 Å². The molecule has 2 aromatic rings. The smallest absolute Gasteiger partial charge is 0.135 e. The summed E-state index contributed by atoms with van der Waals surface area (Å²) < 4.78 is 20.6. The number of nitrogens with two attached hydrogens (primary N) is 1. The lowest BCUT2D eigenvalue weighted by atomic mass is 10.2. The highest BCUT2D eigenvalue weighted by molar-refractivity contribution is 5.46. The van der Waals surface area contributed by atoms with Crippen LogP contribution in [-0.2, 0) is 13.5 Å². The summed E-state index contributed by atoms with van der Waals surface area (Å²) in [5.74, 6) is 5.74. The quantitative estimate of drug-likeness (QED) is 0.859. The van der Waals surface area contributed by atoms with Crippen molar-refractivity contribution in [3.8, 4) is 17.6 Å². The summed E-state index contributed by atoms with van der Waals surface area (Å²) in [7, 11) is 1.87. The monoisotopic (exact) mass is 273 g/mol. The maximum absolute atomic E-state index is 13.2. The predicted molar refractivity (Wildman–Crippen MR) is 74.7 cm³/mol. The lowest BCUT2D eigenvalue weighted by Crippen LogP contribution is -2.02. The molecule has 0 aliphatic heterocycles. The van der Waals surface area contributed by atoms with Crippen LogP contribution in [0.25, 0.3) is 0 Å². The molecule has 104 valence electrons. The second-order valence-corrected chi connectivity index (χ2v) is 4.27. The van der Waals surface area contributed by atoms with Gasteiger partial charge in [-0.05, 0) is 23.8 Å². The van der Waals surface area contributed by atoms with Crippen molar-refractivity contribution in [2.45, 2.75) is 6.42 Å². The lowest BCUT2D eigenvalue weighted by molar-refractivity contribution is 0.320. The number of halogens is 1. The number of ether oxygens (including phenoxy) is 1. The molecule has 2 N–H and O–H groups in total. The van der Waals surface area contributed by atoms with Crippen molar-refractivity contribution >= 4 is 0 Å². The summed E-state index contributed by atoms with van der Waals surface area (Å²) in [6.07, 6.45) is 4.46. The minimum atomic E-state index is -0.342. The molecule has 0 saturated carbocycles. The van der Waals surface area contributed by atoms with E-state index in [4.69, 9.17) is 10.5 Å². The Bertz CT molecular complexity index is 640. The van der Waals surface area contributed by atoms with Crippen molar-refractivity contribution in [3.05, 3.63) is 47.5 Å². The fourth-order valence-electron chi connectivity index (χ4n) is 1.75. The Morgan fingerprint density at radius 3 is 3.00 bits per heavy atom. The van der Waals surface area contributed by atoms with Crippen molar-refractivity contribution in [1.29, 1.82) is 0 Å². The first-order valence-electron chi connectivity index (χ1n) is 6.28. The van der Waals surface area contributed by atoms with Crippen LogP contribution in [0.4, 0.5) is 4.39 Å². The van der Waals surface area contributed by atoms with Gasteiger partial charge in [0, 0.05) is 19.7 Å². The van der Waals surface area contributed by atoms with Crippen molar-refractivity contribution < 1.29 is 9.13 Å². The van der Waals surface area contributed by atoms with Crippen molar-refractivity contribution in [2.24, 2.45) is 12.8 Å². The minimum Gasteiger partial charge on any atom is -0.492 e. The molecule has 0 unspecified atom stereocenters. The largest absolute Gasteiger partial charge is 0.492 e. The first kappa shape index (κ1) is 14.1. The number of aryl methyl sites for hydroxylation is 1. The molecule has 0 aliphatic rings. The van der Waals surface area contributed by atoms with Gasteiger partial charge in [0.25, 0.3) is 0 Å². The van der Waals surface area contributed by atoms with E-state index in [-0.39, 0.29) is 12.4 Å². The molecule has 0 saturated heterocycles. The highest BCUT2D eigenvalue weighted by Gasteiger charge is 2.04. The van der Waals surface area contributed by atoms with E-state index in [1.807, 2.05) is 13.2 Å². The molecule has 0 aliphatic carbocycles. The number of aromatic nitrogens is 2. The van der Waals surface area contributed by atoms with E-state index in [1.165, 1.54) is 12.1 Å². The molecule has 0 spiro atoms. The fraction of sp³-hybridized carbons (Fsp3) is 0.267. The maximum Gasteiger partial charge on any atom is 0.135 e. The van der Waals surface area contributed by atoms with E-state index in [0.29, 0.717) is 17.9 Å². The van der Waals surface area contributed by atoms with E-state index in [1.54, 1.807) is 16.9 Å². The van der Waals surface area contributed by atoms with Crippen molar-refractivity contribution in [2.75, 3.05) is 13.2 Å². The average molecular weight is 273 g/mol. The van der Waals surface area contributed by atoms with Gasteiger partial charge in [-0.1, -0.05) is 11.8 Å². The van der Waals surface area contributed by atoms with Gasteiger partial charge in [0.05, 0.1) is 24.9 Å². The van der Waals surface area contributed by atoms with Gasteiger partial charge < -0.3 is 10.5 Å². The summed E-state index contributed by atoms with van der Waals surface area (Å²) in [5.41, 5.74) is 6.93. The van der Waals surface area contributed by atoms with Crippen LogP contribution < -0.4 is 10.5 Å². The Hall–Kier alpha value is -2.32. The summed E-state index contributed by atoms with van der Waals surface area (Å²) in [6, 6.07) is 4.29. The zero-order valence-corrected chi connectivity index (χ0v) is 11.3. The molecule has 1 aromatic heterocycles. The topological polar surface area (TPSA) is 53.1 Å². The first-order valence-corrected chi connectivity index (χ1v) is 6.28. The van der Waals surface area contributed by atoms with Gasteiger partial charge in [0.1, 0.15) is 11.6 Å². The average Bonchev–Trinajstić information content (AvgIpc) is 2.84. The molecule has 1 heterocycles. The Morgan fingerprint density at radius 2 is 2.30 bits per heavy atom. The summed E-state index contributed by atoms with van der Waals surface area (Å²) in [5, 5.41) is 4.09. The van der Waals surface area contributed by atoms with Crippen LogP contribution in [0, 0.1) is 17.7 Å². The van der Waals surface area contributed by atoms with E-state index < -0.39 is 0 Å². The predicted octanol–water partition coefficient (Wildman–Crippen LogP) is 1.49. The van der Waals surface area contributed by atoms with Gasteiger partial charge in [-0.2, -0.15) is 5.10 Å². The first-order chi connectivity index (χ1) is 9.69. The Balaban J connectivity index is 2.01. The van der Waals surface area contributed by atoms with Crippen LogP contribution in [0.15, 0.2) is 30.6 Å². The highest BCUT2D eigenvalue weighted by atomic mass is 19.1. The Morgan fingerprint density at radius 1 is 1.45 bits per heavy atom. The normalized spacial score (nSPS) is 9.95. The number of hydrogen-bond donors (Lipinski definition) is 1. The maximum atomic E-state index is 13.2. The SMILES string of the molecule is Cn1cc(CCOc2ccc(F)cc2C#CCN)cn1. The van der Waals surface area contributed by atoms with Crippen LogP contribution in [-0.4, -0.2) is 22.9 Å². The molecule has 4 nitrogen and oxygen atoms in total. The van der Waals surface area contributed by atoms with E-state index in [9.17, 15) is 4.39 Å². The molecular formula is C15H16FN3O. The van der Waals surface area contributed by atoms with E-state index >= 15 is 0 Å². The standard InChI is InChI=1S/C15H16FN3O/c1-19-11-12(10-18-19)6-8-20-15-5-4-14(16)9-13(15)3-2-7-17/h4-5,9-11H,6-8,17H2,1H3. The van der Waals surface area contributed by atoms with Crippen molar-refractivity contribution in [3.63, 3.8) is 0 Å². The minimum absolute atomic E-state index is 0.228. The van der Waals surface area contributed by atoms with Gasteiger partial charge in [0.2, 0.25) is 0 Å². The van der Waals surface area contributed by atoms with Gasteiger partial charge in [-0.3, -0.25) is 4.68 Å². The number of benzene rings is 1. The summed E-state index contributed by atoms with van der Waals surface area (Å²) in [4.78, 5) is 0. The Kier molecular flexibility index (Phi) is 4.75. The van der Waals surface area contributed by atoms with Crippen LogP contribution in [0.3, 0.4) is 0 Å². The van der Waals surface area contributed by atoms with Crippen LogP contribution in [0.2, 0.25) is 0 Å². The summed E-state index contributed by atoms with van der Waals surface area (Å²) >= 11 is 0.